The van der Waals surface area contributed by atoms with Gasteiger partial charge in [0, 0.05) is 10.4 Å². The Morgan fingerprint density at radius 1 is 1.27 bits per heavy atom. The molecule has 1 aliphatic carbocycles. The Morgan fingerprint density at radius 2 is 1.96 bits per heavy atom. The summed E-state index contributed by atoms with van der Waals surface area (Å²) in [6.45, 7) is 5.62. The average molecular weight is 373 g/mol. The van der Waals surface area contributed by atoms with E-state index < -0.39 is 5.60 Å². The second kappa shape index (κ2) is 7.89. The Labute approximate surface area is 159 Å². The van der Waals surface area contributed by atoms with Crippen LogP contribution >= 0.6 is 11.3 Å². The van der Waals surface area contributed by atoms with E-state index in [9.17, 15) is 9.90 Å². The van der Waals surface area contributed by atoms with Gasteiger partial charge in [0.05, 0.1) is 17.3 Å². The molecule has 1 heterocycles. The lowest BCUT2D eigenvalue weighted by molar-refractivity contribution is 0.0713. The molecule has 26 heavy (non-hydrogen) atoms. The molecule has 2 aromatic rings. The molecule has 140 valence electrons. The number of nitrogens with one attached hydrogen (secondary N) is 1. The summed E-state index contributed by atoms with van der Waals surface area (Å²) in [5.74, 6) is -0.0697. The maximum Gasteiger partial charge on any atom is 0.251 e. The van der Waals surface area contributed by atoms with Crippen LogP contribution in [0.25, 0.3) is 0 Å². The van der Waals surface area contributed by atoms with Crippen molar-refractivity contribution in [1.82, 2.24) is 10.3 Å². The van der Waals surface area contributed by atoms with Crippen molar-refractivity contribution in [2.45, 2.75) is 70.9 Å². The van der Waals surface area contributed by atoms with E-state index in [2.05, 4.69) is 5.32 Å². The maximum atomic E-state index is 12.5. The van der Waals surface area contributed by atoms with Gasteiger partial charge in [0.1, 0.15) is 5.01 Å². The number of aromatic nitrogens is 1. The molecule has 0 bridgehead atoms. The number of carbonyl (C=O) groups is 1. The van der Waals surface area contributed by atoms with Crippen molar-refractivity contribution in [3.05, 3.63) is 51.0 Å². The van der Waals surface area contributed by atoms with Crippen molar-refractivity contribution in [1.29, 1.82) is 0 Å². The van der Waals surface area contributed by atoms with Crippen LogP contribution in [-0.4, -0.2) is 21.6 Å². The molecule has 1 atom stereocenters. The lowest BCUT2D eigenvalue weighted by Gasteiger charge is -2.16. The number of aryl methyl sites for hydroxylation is 3. The van der Waals surface area contributed by atoms with Crippen molar-refractivity contribution in [2.75, 3.05) is 0 Å². The fourth-order valence-electron chi connectivity index (χ4n) is 3.17. The molecule has 1 amide bonds. The summed E-state index contributed by atoms with van der Waals surface area (Å²) < 4.78 is 0. The third-order valence-corrected chi connectivity index (χ3v) is 6.16. The summed E-state index contributed by atoms with van der Waals surface area (Å²) in [5, 5.41) is 13.9. The van der Waals surface area contributed by atoms with Crippen LogP contribution in [0.15, 0.2) is 24.3 Å². The number of amides is 1. The average Bonchev–Trinajstić information content (AvgIpc) is 3.04. The number of thiazole rings is 1. The van der Waals surface area contributed by atoms with Gasteiger partial charge in [-0.2, -0.15) is 0 Å². The van der Waals surface area contributed by atoms with Crippen molar-refractivity contribution >= 4 is 17.2 Å². The summed E-state index contributed by atoms with van der Waals surface area (Å²) in [5.41, 5.74) is 2.35. The molecule has 0 spiro atoms. The second-order valence-electron chi connectivity index (χ2n) is 7.83. The highest BCUT2D eigenvalue weighted by Gasteiger charge is 2.20. The summed E-state index contributed by atoms with van der Waals surface area (Å²) in [6.07, 6.45) is 6.15. The smallest absolute Gasteiger partial charge is 0.251 e. The first kappa shape index (κ1) is 19.1. The first-order valence-electron chi connectivity index (χ1n) is 9.42. The van der Waals surface area contributed by atoms with Crippen LogP contribution in [0.1, 0.15) is 77.6 Å². The van der Waals surface area contributed by atoms with Gasteiger partial charge in [-0.15, -0.1) is 11.3 Å². The van der Waals surface area contributed by atoms with E-state index in [0.29, 0.717) is 12.0 Å². The molecule has 0 saturated heterocycles. The summed E-state index contributed by atoms with van der Waals surface area (Å²) in [7, 11) is 0. The number of hydrogen-bond acceptors (Lipinski definition) is 4. The number of nitrogens with zero attached hydrogens (tertiary/aromatic N) is 1. The molecule has 0 saturated carbocycles. The van der Waals surface area contributed by atoms with Crippen molar-refractivity contribution < 1.29 is 9.90 Å². The molecule has 1 aromatic heterocycles. The molecule has 0 aliphatic heterocycles. The number of hydrogen-bond donors (Lipinski definition) is 2. The molecule has 3 rings (SSSR count). The SMILES string of the molecule is CC(NC(=O)c1ccc(CCC(C)(C)O)cc1)c1nc2c(s1)CCCC2. The van der Waals surface area contributed by atoms with Gasteiger partial charge >= 0.3 is 0 Å². The molecule has 4 nitrogen and oxygen atoms in total. The van der Waals surface area contributed by atoms with E-state index in [0.717, 1.165) is 29.8 Å². The standard InChI is InChI=1S/C21H28N2O2S/c1-14(20-23-17-6-4-5-7-18(17)26-20)22-19(24)16-10-8-15(9-11-16)12-13-21(2,3)25/h8-11,14,25H,4-7,12-13H2,1-3H3,(H,22,24). The molecular formula is C21H28N2O2S. The third kappa shape index (κ3) is 4.92. The minimum Gasteiger partial charge on any atom is -0.390 e. The highest BCUT2D eigenvalue weighted by atomic mass is 32.1. The highest BCUT2D eigenvalue weighted by molar-refractivity contribution is 7.11. The van der Waals surface area contributed by atoms with Gasteiger partial charge in [-0.3, -0.25) is 4.79 Å². The Morgan fingerprint density at radius 3 is 2.62 bits per heavy atom. The zero-order valence-electron chi connectivity index (χ0n) is 15.8. The van der Waals surface area contributed by atoms with E-state index >= 15 is 0 Å². The first-order chi connectivity index (χ1) is 12.3. The lowest BCUT2D eigenvalue weighted by atomic mass is 9.98. The van der Waals surface area contributed by atoms with Gasteiger partial charge in [0.15, 0.2) is 0 Å². The van der Waals surface area contributed by atoms with E-state index in [-0.39, 0.29) is 11.9 Å². The van der Waals surface area contributed by atoms with Crippen LogP contribution in [0.3, 0.4) is 0 Å². The molecule has 1 unspecified atom stereocenters. The number of fused-ring (bicyclic) bond motifs is 1. The molecule has 0 radical (unpaired) electrons. The van der Waals surface area contributed by atoms with Crippen molar-refractivity contribution in [2.24, 2.45) is 0 Å². The Balaban J connectivity index is 1.59. The first-order valence-corrected chi connectivity index (χ1v) is 10.2. The summed E-state index contributed by atoms with van der Waals surface area (Å²) in [4.78, 5) is 18.7. The van der Waals surface area contributed by atoms with Gasteiger partial charge in [0.2, 0.25) is 0 Å². The largest absolute Gasteiger partial charge is 0.390 e. The van der Waals surface area contributed by atoms with E-state index in [4.69, 9.17) is 4.98 Å². The van der Waals surface area contributed by atoms with Gasteiger partial charge in [0.25, 0.3) is 5.91 Å². The number of rotatable bonds is 6. The minimum atomic E-state index is -0.668. The van der Waals surface area contributed by atoms with Gasteiger partial charge < -0.3 is 10.4 Å². The van der Waals surface area contributed by atoms with Crippen LogP contribution in [0.5, 0.6) is 0 Å². The second-order valence-corrected chi connectivity index (χ2v) is 8.95. The number of carbonyl (C=O) groups excluding carboxylic acids is 1. The predicted octanol–water partition coefficient (Wildman–Crippen LogP) is 4.22. The highest BCUT2D eigenvalue weighted by Crippen LogP contribution is 2.29. The fraction of sp³-hybridized carbons (Fsp3) is 0.524. The van der Waals surface area contributed by atoms with Gasteiger partial charge in [-0.1, -0.05) is 12.1 Å². The van der Waals surface area contributed by atoms with Crippen LogP contribution in [0.2, 0.25) is 0 Å². The Hall–Kier alpha value is -1.72. The summed E-state index contributed by atoms with van der Waals surface area (Å²) >= 11 is 1.74. The van der Waals surface area contributed by atoms with E-state index in [1.807, 2.05) is 45.0 Å². The Bertz CT molecular complexity index is 736. The zero-order chi connectivity index (χ0) is 18.7. The predicted molar refractivity (Wildman–Crippen MR) is 106 cm³/mol. The van der Waals surface area contributed by atoms with Crippen LogP contribution in [-0.2, 0) is 19.3 Å². The van der Waals surface area contributed by atoms with Crippen LogP contribution in [0.4, 0.5) is 0 Å². The fourth-order valence-corrected chi connectivity index (χ4v) is 4.33. The van der Waals surface area contributed by atoms with Crippen molar-refractivity contribution in [3.63, 3.8) is 0 Å². The number of aliphatic hydroxyl groups is 1. The Kier molecular flexibility index (Phi) is 5.78. The molecule has 5 heteroatoms. The molecular weight excluding hydrogens is 344 g/mol. The quantitative estimate of drug-likeness (QED) is 0.798. The minimum absolute atomic E-state index is 0.0697. The summed E-state index contributed by atoms with van der Waals surface area (Å²) in [6, 6.07) is 7.57. The lowest BCUT2D eigenvalue weighted by Crippen LogP contribution is -2.26. The van der Waals surface area contributed by atoms with Gasteiger partial charge in [-0.25, -0.2) is 4.98 Å². The third-order valence-electron chi connectivity index (χ3n) is 4.82. The molecule has 1 aromatic carbocycles. The zero-order valence-corrected chi connectivity index (χ0v) is 16.7. The van der Waals surface area contributed by atoms with E-state index in [1.54, 1.807) is 11.3 Å². The normalized spacial score (nSPS) is 15.4. The van der Waals surface area contributed by atoms with E-state index in [1.165, 1.54) is 23.4 Å². The topological polar surface area (TPSA) is 62.2 Å². The molecule has 2 N–H and O–H groups in total. The molecule has 1 aliphatic rings. The number of benzene rings is 1. The maximum absolute atomic E-state index is 12.5. The monoisotopic (exact) mass is 372 g/mol. The molecule has 0 fully saturated rings. The van der Waals surface area contributed by atoms with Crippen LogP contribution in [0, 0.1) is 0 Å². The van der Waals surface area contributed by atoms with Crippen LogP contribution < -0.4 is 5.32 Å². The van der Waals surface area contributed by atoms with Gasteiger partial charge in [-0.05, 0) is 77.0 Å². The van der Waals surface area contributed by atoms with Crippen molar-refractivity contribution in [3.8, 4) is 0 Å².